The lowest BCUT2D eigenvalue weighted by molar-refractivity contribution is -0.132. The Morgan fingerprint density at radius 3 is 2.40 bits per heavy atom. The van der Waals surface area contributed by atoms with Gasteiger partial charge in [-0.2, -0.15) is 0 Å². The zero-order valence-electron chi connectivity index (χ0n) is 11.9. The second kappa shape index (κ2) is 6.06. The highest BCUT2D eigenvalue weighted by molar-refractivity contribution is 5.92. The van der Waals surface area contributed by atoms with Gasteiger partial charge in [0.2, 0.25) is 0 Å². The van der Waals surface area contributed by atoms with Crippen molar-refractivity contribution in [2.45, 2.75) is 31.1 Å². The van der Waals surface area contributed by atoms with E-state index in [-0.39, 0.29) is 11.3 Å². The van der Waals surface area contributed by atoms with Gasteiger partial charge in [0.05, 0.1) is 5.41 Å². The van der Waals surface area contributed by atoms with Crippen LogP contribution in [-0.2, 0) is 14.9 Å². The van der Waals surface area contributed by atoms with Crippen LogP contribution in [0.5, 0.6) is 0 Å². The maximum Gasteiger partial charge on any atom is 0.146 e. The van der Waals surface area contributed by atoms with Gasteiger partial charge in [0.25, 0.3) is 0 Å². The molecule has 0 radical (unpaired) electrons. The first-order valence-corrected chi connectivity index (χ1v) is 7.71. The first-order chi connectivity index (χ1) is 9.83. The lowest BCUT2D eigenvalue weighted by atomic mass is 9.66. The smallest absolute Gasteiger partial charge is 0.146 e. The van der Waals surface area contributed by atoms with E-state index < -0.39 is 0 Å². The third kappa shape index (κ3) is 2.52. The molecule has 3 heteroatoms. The third-order valence-electron chi connectivity index (χ3n) is 4.85. The molecule has 0 saturated carbocycles. The van der Waals surface area contributed by atoms with Gasteiger partial charge < -0.3 is 10.1 Å². The number of benzene rings is 1. The van der Waals surface area contributed by atoms with Crippen molar-refractivity contribution >= 4 is 5.78 Å². The van der Waals surface area contributed by atoms with Crippen molar-refractivity contribution in [1.29, 1.82) is 0 Å². The molecule has 2 aliphatic heterocycles. The van der Waals surface area contributed by atoms with Gasteiger partial charge in [-0.05, 0) is 44.3 Å². The van der Waals surface area contributed by atoms with E-state index in [0.29, 0.717) is 5.78 Å². The van der Waals surface area contributed by atoms with Crippen molar-refractivity contribution in [3.63, 3.8) is 0 Å². The maximum atomic E-state index is 13.2. The van der Waals surface area contributed by atoms with Crippen molar-refractivity contribution < 1.29 is 9.53 Å². The summed E-state index contributed by atoms with van der Waals surface area (Å²) in [6.07, 6.45) is 3.63. The van der Waals surface area contributed by atoms with Crippen molar-refractivity contribution in [2.24, 2.45) is 5.92 Å². The first-order valence-electron chi connectivity index (χ1n) is 7.71. The number of hydrogen-bond donors (Lipinski definition) is 1. The molecule has 0 amide bonds. The fourth-order valence-corrected chi connectivity index (χ4v) is 3.64. The van der Waals surface area contributed by atoms with E-state index in [2.05, 4.69) is 29.6 Å². The molecule has 1 N–H and O–H groups in total. The van der Waals surface area contributed by atoms with Crippen LogP contribution in [0.1, 0.15) is 31.2 Å². The third-order valence-corrected chi connectivity index (χ3v) is 4.85. The largest absolute Gasteiger partial charge is 0.381 e. The summed E-state index contributed by atoms with van der Waals surface area (Å²) < 4.78 is 5.41. The molecule has 2 saturated heterocycles. The molecule has 2 aliphatic rings. The molecule has 1 aromatic carbocycles. The normalized spacial score (nSPS) is 23.4. The Labute approximate surface area is 120 Å². The number of nitrogens with one attached hydrogen (secondary N) is 1. The van der Waals surface area contributed by atoms with Crippen LogP contribution in [0.2, 0.25) is 0 Å². The summed E-state index contributed by atoms with van der Waals surface area (Å²) in [5.74, 6) is 0.635. The summed E-state index contributed by atoms with van der Waals surface area (Å²) in [7, 11) is 0. The zero-order chi connectivity index (χ0) is 13.8. The number of ether oxygens (including phenoxy) is 1. The molecule has 3 nitrogen and oxygen atoms in total. The summed E-state index contributed by atoms with van der Waals surface area (Å²) in [6, 6.07) is 10.4. The molecule has 0 aromatic heterocycles. The number of carbonyl (C=O) groups excluding carboxylic acids is 1. The van der Waals surface area contributed by atoms with Gasteiger partial charge in [0.15, 0.2) is 0 Å². The Hall–Kier alpha value is -1.19. The van der Waals surface area contributed by atoms with Crippen LogP contribution in [0.15, 0.2) is 30.3 Å². The molecule has 2 heterocycles. The molecule has 108 valence electrons. The van der Waals surface area contributed by atoms with Crippen molar-refractivity contribution in [3.05, 3.63) is 35.9 Å². The Morgan fingerprint density at radius 2 is 1.75 bits per heavy atom. The molecule has 0 aliphatic carbocycles. The van der Waals surface area contributed by atoms with E-state index in [9.17, 15) is 4.79 Å². The Kier molecular flexibility index (Phi) is 4.18. The minimum absolute atomic E-state index is 0.182. The summed E-state index contributed by atoms with van der Waals surface area (Å²) in [4.78, 5) is 13.2. The topological polar surface area (TPSA) is 38.3 Å². The molecule has 3 rings (SSSR count). The lowest BCUT2D eigenvalue weighted by Gasteiger charge is -2.40. The molecular formula is C17H23NO2. The zero-order valence-corrected chi connectivity index (χ0v) is 11.9. The van der Waals surface area contributed by atoms with Crippen LogP contribution in [-0.4, -0.2) is 32.1 Å². The standard InChI is InChI=1S/C17H23NO2/c19-16(14-6-12-20-13-7-14)17(8-10-18-11-9-17)15-4-2-1-3-5-15/h1-5,14,18H,6-13H2. The van der Waals surface area contributed by atoms with E-state index in [0.717, 1.165) is 52.0 Å². The fraction of sp³-hybridized carbons (Fsp3) is 0.588. The molecular weight excluding hydrogens is 250 g/mol. The maximum absolute atomic E-state index is 13.2. The number of piperidine rings is 1. The molecule has 20 heavy (non-hydrogen) atoms. The summed E-state index contributed by atoms with van der Waals surface area (Å²) >= 11 is 0. The van der Waals surface area contributed by atoms with Crippen molar-refractivity contribution in [3.8, 4) is 0 Å². The van der Waals surface area contributed by atoms with Gasteiger partial charge >= 0.3 is 0 Å². The second-order valence-corrected chi connectivity index (χ2v) is 5.95. The van der Waals surface area contributed by atoms with Crippen LogP contribution in [0.4, 0.5) is 0 Å². The van der Waals surface area contributed by atoms with Crippen molar-refractivity contribution in [1.82, 2.24) is 5.32 Å². The summed E-state index contributed by atoms with van der Waals surface area (Å²) in [6.45, 7) is 3.34. The van der Waals surface area contributed by atoms with E-state index >= 15 is 0 Å². The van der Waals surface area contributed by atoms with Crippen LogP contribution in [0.3, 0.4) is 0 Å². The number of ketones is 1. The number of hydrogen-bond acceptors (Lipinski definition) is 3. The van der Waals surface area contributed by atoms with Crippen molar-refractivity contribution in [2.75, 3.05) is 26.3 Å². The second-order valence-electron chi connectivity index (χ2n) is 5.95. The fourth-order valence-electron chi connectivity index (χ4n) is 3.64. The van der Waals surface area contributed by atoms with Gasteiger partial charge in [-0.25, -0.2) is 0 Å². The minimum atomic E-state index is -0.269. The van der Waals surface area contributed by atoms with Crippen LogP contribution in [0.25, 0.3) is 0 Å². The van der Waals surface area contributed by atoms with E-state index in [1.165, 1.54) is 5.56 Å². The summed E-state index contributed by atoms with van der Waals surface area (Å²) in [5, 5.41) is 3.39. The first kappa shape index (κ1) is 13.8. The van der Waals surface area contributed by atoms with Gasteiger partial charge in [-0.1, -0.05) is 30.3 Å². The highest BCUT2D eigenvalue weighted by Gasteiger charge is 2.43. The number of Topliss-reactive ketones (excluding diaryl/α,β-unsaturated/α-hetero) is 1. The SMILES string of the molecule is O=C(C1CCOCC1)C1(c2ccccc2)CCNCC1. The van der Waals surface area contributed by atoms with E-state index in [1.54, 1.807) is 0 Å². The van der Waals surface area contributed by atoms with E-state index in [4.69, 9.17) is 4.74 Å². The Bertz CT molecular complexity index is 445. The molecule has 0 bridgehead atoms. The highest BCUT2D eigenvalue weighted by atomic mass is 16.5. The lowest BCUT2D eigenvalue weighted by Crippen LogP contribution is -2.48. The average molecular weight is 273 g/mol. The monoisotopic (exact) mass is 273 g/mol. The van der Waals surface area contributed by atoms with E-state index in [1.807, 2.05) is 6.07 Å². The number of carbonyl (C=O) groups is 1. The quantitative estimate of drug-likeness (QED) is 0.918. The predicted molar refractivity (Wildman–Crippen MR) is 78.8 cm³/mol. The molecule has 0 atom stereocenters. The molecule has 0 spiro atoms. The number of rotatable bonds is 3. The summed E-state index contributed by atoms with van der Waals surface area (Å²) in [5.41, 5.74) is 0.937. The van der Waals surface area contributed by atoms with Gasteiger partial charge in [0, 0.05) is 19.1 Å². The van der Waals surface area contributed by atoms with Crippen LogP contribution < -0.4 is 5.32 Å². The Balaban J connectivity index is 1.91. The minimum Gasteiger partial charge on any atom is -0.381 e. The van der Waals surface area contributed by atoms with Crippen LogP contribution >= 0.6 is 0 Å². The predicted octanol–water partition coefficient (Wildman–Crippen LogP) is 2.30. The molecule has 2 fully saturated rings. The molecule has 1 aromatic rings. The molecule has 0 unspecified atom stereocenters. The van der Waals surface area contributed by atoms with Crippen LogP contribution in [0, 0.1) is 5.92 Å². The highest BCUT2D eigenvalue weighted by Crippen LogP contribution is 2.38. The Morgan fingerprint density at radius 1 is 1.10 bits per heavy atom. The average Bonchev–Trinajstić information content (AvgIpc) is 2.56. The van der Waals surface area contributed by atoms with Gasteiger partial charge in [-0.3, -0.25) is 4.79 Å². The van der Waals surface area contributed by atoms with Gasteiger partial charge in [-0.15, -0.1) is 0 Å². The van der Waals surface area contributed by atoms with Gasteiger partial charge in [0.1, 0.15) is 5.78 Å².